The van der Waals surface area contributed by atoms with E-state index in [-0.39, 0.29) is 5.54 Å². The van der Waals surface area contributed by atoms with Crippen molar-refractivity contribution in [2.75, 3.05) is 11.9 Å². The van der Waals surface area contributed by atoms with Gasteiger partial charge in [-0.05, 0) is 19.8 Å². The third kappa shape index (κ3) is 1.73. The van der Waals surface area contributed by atoms with Gasteiger partial charge in [0.1, 0.15) is 5.82 Å². The number of nitrogens with zero attached hydrogens (tertiary/aromatic N) is 4. The van der Waals surface area contributed by atoms with Gasteiger partial charge in [-0.2, -0.15) is 0 Å². The monoisotopic (exact) mass is 246 g/mol. The van der Waals surface area contributed by atoms with Crippen molar-refractivity contribution >= 4 is 11.5 Å². The maximum Gasteiger partial charge on any atom is 0.203 e. The van der Waals surface area contributed by atoms with Gasteiger partial charge in [0, 0.05) is 18.9 Å². The number of aryl methyl sites for hydroxylation is 1. The molecule has 1 aliphatic carbocycles. The van der Waals surface area contributed by atoms with E-state index in [2.05, 4.69) is 20.5 Å². The fourth-order valence-electron chi connectivity index (χ4n) is 2.71. The lowest BCUT2D eigenvalue weighted by Gasteiger charge is -2.29. The average molecular weight is 246 g/mol. The molecular formula is C12H18N6. The van der Waals surface area contributed by atoms with Gasteiger partial charge in [0.05, 0.1) is 5.54 Å². The second-order valence-corrected chi connectivity index (χ2v) is 5.03. The molecule has 1 aliphatic rings. The number of aromatic nitrogens is 4. The third-order valence-electron chi connectivity index (χ3n) is 3.83. The Bertz CT molecular complexity index is 555. The molecule has 2 aromatic heterocycles. The van der Waals surface area contributed by atoms with Crippen LogP contribution in [0.2, 0.25) is 0 Å². The van der Waals surface area contributed by atoms with E-state index in [0.717, 1.165) is 30.1 Å². The van der Waals surface area contributed by atoms with Gasteiger partial charge in [-0.1, -0.05) is 12.8 Å². The SMILES string of the molecule is Cc1nnc2c(NC3(CN)CCCC3)nccn12. The predicted molar refractivity (Wildman–Crippen MR) is 69.4 cm³/mol. The summed E-state index contributed by atoms with van der Waals surface area (Å²) in [6.07, 6.45) is 8.28. The minimum atomic E-state index is -0.0191. The van der Waals surface area contributed by atoms with Crippen molar-refractivity contribution in [1.29, 1.82) is 0 Å². The summed E-state index contributed by atoms with van der Waals surface area (Å²) in [4.78, 5) is 4.39. The number of nitrogens with two attached hydrogens (primary N) is 1. The molecule has 0 radical (unpaired) electrons. The lowest BCUT2D eigenvalue weighted by Crippen LogP contribution is -2.43. The van der Waals surface area contributed by atoms with E-state index < -0.39 is 0 Å². The summed E-state index contributed by atoms with van der Waals surface area (Å²) in [6.45, 7) is 2.56. The summed E-state index contributed by atoms with van der Waals surface area (Å²) in [5, 5.41) is 11.8. The van der Waals surface area contributed by atoms with Crippen LogP contribution >= 0.6 is 0 Å². The van der Waals surface area contributed by atoms with E-state index in [0.29, 0.717) is 6.54 Å². The second-order valence-electron chi connectivity index (χ2n) is 5.03. The Morgan fingerprint density at radius 2 is 2.17 bits per heavy atom. The van der Waals surface area contributed by atoms with Gasteiger partial charge in [0.25, 0.3) is 0 Å². The highest BCUT2D eigenvalue weighted by Crippen LogP contribution is 2.32. The van der Waals surface area contributed by atoms with E-state index in [9.17, 15) is 0 Å². The quantitative estimate of drug-likeness (QED) is 0.848. The molecule has 1 fully saturated rings. The van der Waals surface area contributed by atoms with Gasteiger partial charge in [0.15, 0.2) is 5.82 Å². The van der Waals surface area contributed by atoms with E-state index in [1.807, 2.05) is 17.5 Å². The topological polar surface area (TPSA) is 81.1 Å². The highest BCUT2D eigenvalue weighted by atomic mass is 15.3. The van der Waals surface area contributed by atoms with Crippen LogP contribution in [0.3, 0.4) is 0 Å². The van der Waals surface area contributed by atoms with Crippen LogP contribution in [-0.4, -0.2) is 31.7 Å². The number of hydrogen-bond acceptors (Lipinski definition) is 5. The highest BCUT2D eigenvalue weighted by molar-refractivity contribution is 5.63. The maximum absolute atomic E-state index is 5.93. The van der Waals surface area contributed by atoms with Crippen LogP contribution < -0.4 is 11.1 Å². The first kappa shape index (κ1) is 11.4. The van der Waals surface area contributed by atoms with Crippen LogP contribution in [0.4, 0.5) is 5.82 Å². The first-order chi connectivity index (χ1) is 8.74. The molecule has 96 valence electrons. The fourth-order valence-corrected chi connectivity index (χ4v) is 2.71. The Morgan fingerprint density at radius 1 is 1.39 bits per heavy atom. The maximum atomic E-state index is 5.93. The molecule has 0 atom stereocenters. The van der Waals surface area contributed by atoms with Crippen molar-refractivity contribution < 1.29 is 0 Å². The molecule has 2 aromatic rings. The number of fused-ring (bicyclic) bond motifs is 1. The van der Waals surface area contributed by atoms with Crippen molar-refractivity contribution in [3.8, 4) is 0 Å². The van der Waals surface area contributed by atoms with Gasteiger partial charge in [0.2, 0.25) is 5.65 Å². The Hall–Kier alpha value is -1.69. The van der Waals surface area contributed by atoms with E-state index in [1.165, 1.54) is 12.8 Å². The van der Waals surface area contributed by atoms with Gasteiger partial charge < -0.3 is 11.1 Å². The minimum absolute atomic E-state index is 0.0191. The van der Waals surface area contributed by atoms with E-state index in [4.69, 9.17) is 5.73 Å². The molecule has 0 amide bonds. The van der Waals surface area contributed by atoms with Crippen LogP contribution in [0, 0.1) is 6.92 Å². The number of hydrogen-bond donors (Lipinski definition) is 2. The van der Waals surface area contributed by atoms with Gasteiger partial charge >= 0.3 is 0 Å². The number of rotatable bonds is 3. The van der Waals surface area contributed by atoms with Crippen LogP contribution in [0.15, 0.2) is 12.4 Å². The van der Waals surface area contributed by atoms with Gasteiger partial charge in [-0.15, -0.1) is 10.2 Å². The summed E-state index contributed by atoms with van der Waals surface area (Å²) in [6, 6.07) is 0. The highest BCUT2D eigenvalue weighted by Gasteiger charge is 2.33. The van der Waals surface area contributed by atoms with Crippen molar-refractivity contribution in [2.24, 2.45) is 5.73 Å². The molecule has 0 bridgehead atoms. The molecule has 6 heteroatoms. The molecule has 18 heavy (non-hydrogen) atoms. The number of nitrogens with one attached hydrogen (secondary N) is 1. The minimum Gasteiger partial charge on any atom is -0.360 e. The second kappa shape index (κ2) is 4.20. The molecule has 0 saturated heterocycles. The molecule has 3 rings (SSSR count). The molecule has 0 aromatic carbocycles. The normalized spacial score (nSPS) is 18.3. The molecule has 0 unspecified atom stereocenters. The van der Waals surface area contributed by atoms with Gasteiger partial charge in [-0.3, -0.25) is 4.40 Å². The molecule has 3 N–H and O–H groups in total. The van der Waals surface area contributed by atoms with Crippen molar-refractivity contribution in [2.45, 2.75) is 38.1 Å². The fraction of sp³-hybridized carbons (Fsp3) is 0.583. The summed E-state index contributed by atoms with van der Waals surface area (Å²) in [7, 11) is 0. The van der Waals surface area contributed by atoms with Crippen LogP contribution in [0.25, 0.3) is 5.65 Å². The average Bonchev–Trinajstić information content (AvgIpc) is 2.99. The van der Waals surface area contributed by atoms with E-state index >= 15 is 0 Å². The Morgan fingerprint density at radius 3 is 2.89 bits per heavy atom. The van der Waals surface area contributed by atoms with E-state index in [1.54, 1.807) is 6.20 Å². The first-order valence-electron chi connectivity index (χ1n) is 6.39. The van der Waals surface area contributed by atoms with Crippen molar-refractivity contribution in [3.63, 3.8) is 0 Å². The first-order valence-corrected chi connectivity index (χ1v) is 6.39. The zero-order valence-corrected chi connectivity index (χ0v) is 10.6. The van der Waals surface area contributed by atoms with Crippen molar-refractivity contribution in [1.82, 2.24) is 19.6 Å². The molecule has 2 heterocycles. The zero-order chi connectivity index (χ0) is 12.6. The van der Waals surface area contributed by atoms with Crippen LogP contribution in [0.1, 0.15) is 31.5 Å². The van der Waals surface area contributed by atoms with Crippen molar-refractivity contribution in [3.05, 3.63) is 18.2 Å². The molecule has 1 saturated carbocycles. The lowest BCUT2D eigenvalue weighted by atomic mass is 9.98. The molecule has 6 nitrogen and oxygen atoms in total. The smallest absolute Gasteiger partial charge is 0.203 e. The standard InChI is InChI=1S/C12H18N6/c1-9-16-17-11-10(14-6-7-18(9)11)15-12(8-13)4-2-3-5-12/h6-7H,2-5,8,13H2,1H3,(H,14,15). The van der Waals surface area contributed by atoms with Gasteiger partial charge in [-0.25, -0.2) is 4.98 Å². The summed E-state index contributed by atoms with van der Waals surface area (Å²) in [5.41, 5.74) is 6.69. The zero-order valence-electron chi connectivity index (χ0n) is 10.6. The van der Waals surface area contributed by atoms with Crippen LogP contribution in [0.5, 0.6) is 0 Å². The van der Waals surface area contributed by atoms with Crippen LogP contribution in [-0.2, 0) is 0 Å². The molecule has 0 aliphatic heterocycles. The Labute approximate surface area is 106 Å². The Balaban J connectivity index is 1.99. The molecular weight excluding hydrogens is 228 g/mol. The summed E-state index contributed by atoms with van der Waals surface area (Å²) >= 11 is 0. The molecule has 0 spiro atoms. The largest absolute Gasteiger partial charge is 0.360 e. The summed E-state index contributed by atoms with van der Waals surface area (Å²) < 4.78 is 1.94. The summed E-state index contributed by atoms with van der Waals surface area (Å²) in [5.74, 6) is 1.65. The third-order valence-corrected chi connectivity index (χ3v) is 3.83. The predicted octanol–water partition coefficient (Wildman–Crippen LogP) is 1.12. The Kier molecular flexibility index (Phi) is 2.66. The lowest BCUT2D eigenvalue weighted by molar-refractivity contribution is 0.491. The number of anilines is 1.